The Labute approximate surface area is 250 Å². The number of aryl methyl sites for hydroxylation is 3. The lowest BCUT2D eigenvalue weighted by Gasteiger charge is -2.05. The molecule has 2 heterocycles. The van der Waals surface area contributed by atoms with Crippen LogP contribution < -0.4 is 47.8 Å². The number of nitrogens with zero attached hydrogens (tertiary/aromatic N) is 4. The molecule has 0 saturated heterocycles. The summed E-state index contributed by atoms with van der Waals surface area (Å²) in [6, 6.07) is 16.7. The van der Waals surface area contributed by atoms with Gasteiger partial charge in [-0.1, -0.05) is 63.9 Å². The molecule has 0 unspecified atom stereocenters. The minimum Gasteiger partial charge on any atom is -1.00 e. The average molecular weight is 649 g/mol. The molecule has 0 fully saturated rings. The number of hydrogen-bond acceptors (Lipinski definition) is 1. The fourth-order valence-corrected chi connectivity index (χ4v) is 4.33. The summed E-state index contributed by atoms with van der Waals surface area (Å²) in [6.07, 6.45) is 20.2. The van der Waals surface area contributed by atoms with Crippen LogP contribution in [0.4, 0.5) is 0 Å². The lowest BCUT2D eigenvalue weighted by atomic mass is 10.1. The largest absolute Gasteiger partial charge is 1.00 e. The first-order valence-corrected chi connectivity index (χ1v) is 13.6. The Morgan fingerprint density at radius 3 is 1.89 bits per heavy atom. The summed E-state index contributed by atoms with van der Waals surface area (Å²) >= 11 is 0. The molecule has 0 spiro atoms. The molecule has 38 heavy (non-hydrogen) atoms. The van der Waals surface area contributed by atoms with Gasteiger partial charge in [-0.2, -0.15) is 4.57 Å². The number of para-hydroxylation sites is 3. The molecule has 4 rings (SSSR count). The number of ether oxygens (including phenoxy) is 1. The third kappa shape index (κ3) is 10.1. The molecule has 5 nitrogen and oxygen atoms in total. The van der Waals surface area contributed by atoms with Gasteiger partial charge >= 0.3 is 0 Å². The van der Waals surface area contributed by atoms with Gasteiger partial charge in [-0.25, -0.2) is 13.7 Å². The first-order chi connectivity index (χ1) is 17.7. The van der Waals surface area contributed by atoms with E-state index >= 15 is 0 Å². The minimum absolute atomic E-state index is 0. The first kappa shape index (κ1) is 33.6. The Kier molecular flexibility index (Phi) is 16.6. The Hall–Kier alpha value is -2.38. The van der Waals surface area contributed by atoms with E-state index in [4.69, 9.17) is 4.74 Å². The molecule has 7 heteroatoms. The van der Waals surface area contributed by atoms with Crippen molar-refractivity contribution in [2.75, 3.05) is 6.61 Å². The Morgan fingerprint density at radius 1 is 0.658 bits per heavy atom. The fraction of sp³-hybridized carbons (Fsp3) is 0.419. The molecule has 0 amide bonds. The lowest BCUT2D eigenvalue weighted by molar-refractivity contribution is -0.696. The van der Waals surface area contributed by atoms with E-state index in [1.165, 1.54) is 43.4 Å². The monoisotopic (exact) mass is 646 g/mol. The van der Waals surface area contributed by atoms with E-state index in [1.54, 1.807) is 0 Å². The number of halogens is 2. The van der Waals surface area contributed by atoms with Crippen LogP contribution in [0.2, 0.25) is 0 Å². The van der Waals surface area contributed by atoms with Gasteiger partial charge in [-0.15, -0.1) is 0 Å². The quantitative estimate of drug-likeness (QED) is 0.163. The maximum Gasteiger partial charge on any atom is 0.249 e. The normalized spacial score (nSPS) is 10.1. The lowest BCUT2D eigenvalue weighted by Crippen LogP contribution is -3.00. The van der Waals surface area contributed by atoms with E-state index < -0.39 is 0 Å². The zero-order chi connectivity index (χ0) is 25.6. The topological polar surface area (TPSA) is 26.8 Å². The maximum atomic E-state index is 5.68. The maximum absolute atomic E-state index is 5.68. The zero-order valence-corrected chi connectivity index (χ0v) is 26.6. The second-order valence-corrected chi connectivity index (χ2v) is 9.06. The molecule has 0 aliphatic carbocycles. The summed E-state index contributed by atoms with van der Waals surface area (Å²) < 4.78 is 14.5. The summed E-state index contributed by atoms with van der Waals surface area (Å²) in [7, 11) is 0. The first-order valence-electron chi connectivity index (χ1n) is 13.6. The zero-order valence-electron chi connectivity index (χ0n) is 23.4. The number of benzene rings is 2. The van der Waals surface area contributed by atoms with Crippen LogP contribution in [0.25, 0.3) is 11.4 Å². The number of hydrogen-bond donors (Lipinski definition) is 0. The molecule has 0 aliphatic heterocycles. The Balaban J connectivity index is 0.000000368. The van der Waals surface area contributed by atoms with E-state index in [0.29, 0.717) is 6.61 Å². The van der Waals surface area contributed by atoms with Gasteiger partial charge in [0.15, 0.2) is 11.4 Å². The highest BCUT2D eigenvalue weighted by Crippen LogP contribution is 2.21. The van der Waals surface area contributed by atoms with Crippen LogP contribution in [-0.4, -0.2) is 15.7 Å². The average Bonchev–Trinajstić information content (AvgIpc) is 3.58. The van der Waals surface area contributed by atoms with Crippen molar-refractivity contribution in [1.82, 2.24) is 9.13 Å². The van der Waals surface area contributed by atoms with Crippen molar-refractivity contribution in [1.29, 1.82) is 0 Å². The number of rotatable bonds is 12. The molecule has 0 N–H and O–H groups in total. The second kappa shape index (κ2) is 18.8. The van der Waals surface area contributed by atoms with E-state index in [0.717, 1.165) is 30.9 Å². The van der Waals surface area contributed by atoms with Crippen molar-refractivity contribution < 1.29 is 47.8 Å². The highest BCUT2D eigenvalue weighted by molar-refractivity contribution is 5.46. The molecular formula is C31H44Br2N4O. The standard InChI is InChI=1S/C17H25N2O.C14H19N2.2BrH/c1-3-5-6-9-12-18-13-14-19(15-18)16-10-7-8-11-17(16)20-4-2;1-3-9-15-10-11-16(12-15)14-8-6-5-7-13(14)4-2;;/h7-8,10-11,13-15H,3-6,9,12H2,1-2H3;5-8,10-12H,3-4,9H2,1-2H3;2*1H/q2*+1;;/p-2. The Bertz CT molecular complexity index is 1170. The van der Waals surface area contributed by atoms with Crippen molar-refractivity contribution in [2.24, 2.45) is 0 Å². The van der Waals surface area contributed by atoms with Crippen molar-refractivity contribution in [3.05, 3.63) is 91.5 Å². The SMILES string of the molecule is CCCCCC[n+]1ccn(-c2ccccc2OCC)c1.CCC[n+]1ccn(-c2ccccc2CC)c1.[Br-].[Br-]. The molecule has 208 valence electrons. The number of aromatic nitrogens is 4. The van der Waals surface area contributed by atoms with Crippen molar-refractivity contribution >= 4 is 0 Å². The van der Waals surface area contributed by atoms with Gasteiger partial charge < -0.3 is 38.7 Å². The number of unbranched alkanes of at least 4 members (excludes halogenated alkanes) is 3. The van der Waals surface area contributed by atoms with Gasteiger partial charge in [0, 0.05) is 0 Å². The van der Waals surface area contributed by atoms with Crippen LogP contribution in [0, 0.1) is 0 Å². The summed E-state index contributed by atoms with van der Waals surface area (Å²) in [6.45, 7) is 11.5. The van der Waals surface area contributed by atoms with Crippen LogP contribution in [0.3, 0.4) is 0 Å². The third-order valence-corrected chi connectivity index (χ3v) is 6.23. The molecule has 0 saturated carbocycles. The smallest absolute Gasteiger partial charge is 0.249 e. The van der Waals surface area contributed by atoms with Gasteiger partial charge in [-0.3, -0.25) is 0 Å². The minimum atomic E-state index is 0. The van der Waals surface area contributed by atoms with Gasteiger partial charge in [-0.05, 0) is 56.4 Å². The molecule has 0 radical (unpaired) electrons. The number of imidazole rings is 2. The van der Waals surface area contributed by atoms with E-state index in [2.05, 4.69) is 107 Å². The van der Waals surface area contributed by atoms with Gasteiger partial charge in [0.05, 0.1) is 19.7 Å². The van der Waals surface area contributed by atoms with Crippen molar-refractivity contribution in [3.8, 4) is 17.1 Å². The molecule has 4 aromatic rings. The molecular weight excluding hydrogens is 604 g/mol. The van der Waals surface area contributed by atoms with Crippen molar-refractivity contribution in [2.45, 2.75) is 79.3 Å². The van der Waals surface area contributed by atoms with Gasteiger partial charge in [0.1, 0.15) is 30.5 Å². The highest BCUT2D eigenvalue weighted by Gasteiger charge is 2.12. The van der Waals surface area contributed by atoms with Crippen LogP contribution in [0.15, 0.2) is 86.0 Å². The fourth-order valence-electron chi connectivity index (χ4n) is 4.33. The molecule has 2 aromatic heterocycles. The highest BCUT2D eigenvalue weighted by atomic mass is 79.9. The summed E-state index contributed by atoms with van der Waals surface area (Å²) in [5.74, 6) is 0.934. The third-order valence-electron chi connectivity index (χ3n) is 6.23. The van der Waals surface area contributed by atoms with E-state index in [-0.39, 0.29) is 34.0 Å². The molecule has 2 aromatic carbocycles. The van der Waals surface area contributed by atoms with Crippen LogP contribution in [-0.2, 0) is 19.5 Å². The summed E-state index contributed by atoms with van der Waals surface area (Å²) in [5.41, 5.74) is 3.78. The second-order valence-electron chi connectivity index (χ2n) is 9.06. The van der Waals surface area contributed by atoms with Gasteiger partial charge in [0.25, 0.3) is 0 Å². The molecule has 0 aliphatic rings. The van der Waals surface area contributed by atoms with Gasteiger partial charge in [0.2, 0.25) is 12.7 Å². The van der Waals surface area contributed by atoms with E-state index in [1.807, 2.05) is 25.1 Å². The molecule has 0 bridgehead atoms. The van der Waals surface area contributed by atoms with Crippen LogP contribution in [0.1, 0.15) is 65.4 Å². The summed E-state index contributed by atoms with van der Waals surface area (Å²) in [4.78, 5) is 0. The van der Waals surface area contributed by atoms with Crippen molar-refractivity contribution in [3.63, 3.8) is 0 Å². The Morgan fingerprint density at radius 2 is 1.26 bits per heavy atom. The van der Waals surface area contributed by atoms with E-state index in [9.17, 15) is 0 Å². The van der Waals surface area contributed by atoms with Crippen LogP contribution in [0.5, 0.6) is 5.75 Å². The van der Waals surface area contributed by atoms with Crippen LogP contribution >= 0.6 is 0 Å². The summed E-state index contributed by atoms with van der Waals surface area (Å²) in [5, 5.41) is 0. The predicted octanol–water partition coefficient (Wildman–Crippen LogP) is 0.489. The predicted molar refractivity (Wildman–Crippen MR) is 147 cm³/mol. The molecule has 0 atom stereocenters.